The number of nitrogens with zero attached hydrogens (tertiary/aromatic N) is 1. The summed E-state index contributed by atoms with van der Waals surface area (Å²) in [7, 11) is 0. The lowest BCUT2D eigenvalue weighted by molar-refractivity contribution is -0.903. The highest BCUT2D eigenvalue weighted by atomic mass is 19.1. The predicted octanol–water partition coefficient (Wildman–Crippen LogP) is 2.70. The van der Waals surface area contributed by atoms with E-state index in [1.165, 1.54) is 17.0 Å². The molecule has 2 N–H and O–H groups in total. The molecule has 1 aliphatic heterocycles. The van der Waals surface area contributed by atoms with Gasteiger partial charge >= 0.3 is 0 Å². The third-order valence-corrected chi connectivity index (χ3v) is 5.85. The van der Waals surface area contributed by atoms with E-state index in [9.17, 15) is 9.50 Å². The molecular weight excluding hydrogens is 391 g/mol. The van der Waals surface area contributed by atoms with Crippen molar-refractivity contribution in [3.63, 3.8) is 0 Å². The Morgan fingerprint density at radius 3 is 1.94 bits per heavy atom. The smallest absolute Gasteiger partial charge is 0.126 e. The first-order chi connectivity index (χ1) is 15.2. The second-order valence-electron chi connectivity index (χ2n) is 8.11. The quantitative estimate of drug-likeness (QED) is 0.587. The van der Waals surface area contributed by atoms with Crippen molar-refractivity contribution in [1.82, 2.24) is 0 Å². The molecule has 1 atom stereocenters. The number of anilines is 1. The summed E-state index contributed by atoms with van der Waals surface area (Å²) >= 11 is 0. The molecule has 31 heavy (non-hydrogen) atoms. The molecule has 3 aromatic carbocycles. The van der Waals surface area contributed by atoms with Crippen LogP contribution in [0.4, 0.5) is 10.1 Å². The number of piperazine rings is 1. The molecule has 0 unspecified atom stereocenters. The summed E-state index contributed by atoms with van der Waals surface area (Å²) in [5.74, 6) is -0.208. The third-order valence-electron chi connectivity index (χ3n) is 5.85. The Balaban J connectivity index is 1.29. The average molecular weight is 422 g/mol. The van der Waals surface area contributed by atoms with Crippen LogP contribution in [0, 0.1) is 5.82 Å². The monoisotopic (exact) mass is 421 g/mol. The molecule has 4 nitrogen and oxygen atoms in total. The number of aliphatic hydroxyl groups is 1. The maximum atomic E-state index is 13.1. The summed E-state index contributed by atoms with van der Waals surface area (Å²) in [6.07, 6.45) is -0.718. The number of halogens is 1. The molecular formula is C26H30FN2O2+. The van der Waals surface area contributed by atoms with E-state index in [4.69, 9.17) is 4.74 Å². The largest absolute Gasteiger partial charge is 0.385 e. The van der Waals surface area contributed by atoms with Crippen molar-refractivity contribution >= 4 is 5.69 Å². The molecule has 0 aromatic heterocycles. The molecule has 1 saturated heterocycles. The molecule has 3 aromatic rings. The van der Waals surface area contributed by atoms with Gasteiger partial charge in [-0.2, -0.15) is 0 Å². The maximum Gasteiger partial charge on any atom is 0.126 e. The molecule has 162 valence electrons. The number of benzene rings is 3. The van der Waals surface area contributed by atoms with Crippen LogP contribution in [0.1, 0.15) is 17.2 Å². The fourth-order valence-electron chi connectivity index (χ4n) is 4.18. The van der Waals surface area contributed by atoms with Crippen LogP contribution >= 0.6 is 0 Å². The number of nitrogens with one attached hydrogen (secondary N) is 1. The van der Waals surface area contributed by atoms with Crippen LogP contribution in [0.5, 0.6) is 0 Å². The van der Waals surface area contributed by atoms with E-state index in [-0.39, 0.29) is 11.9 Å². The van der Waals surface area contributed by atoms with Crippen molar-refractivity contribution in [2.75, 3.05) is 44.2 Å². The number of hydrogen-bond acceptors (Lipinski definition) is 3. The van der Waals surface area contributed by atoms with Crippen LogP contribution in [0.2, 0.25) is 0 Å². The van der Waals surface area contributed by atoms with Crippen LogP contribution < -0.4 is 9.80 Å². The molecule has 1 fully saturated rings. The molecule has 0 aliphatic carbocycles. The fraction of sp³-hybridized carbons (Fsp3) is 0.308. The van der Waals surface area contributed by atoms with Crippen molar-refractivity contribution in [3.05, 3.63) is 102 Å². The van der Waals surface area contributed by atoms with Crippen molar-refractivity contribution in [3.8, 4) is 0 Å². The van der Waals surface area contributed by atoms with Gasteiger partial charge < -0.3 is 19.6 Å². The predicted molar refractivity (Wildman–Crippen MR) is 121 cm³/mol. The van der Waals surface area contributed by atoms with Crippen molar-refractivity contribution in [2.45, 2.75) is 12.2 Å². The van der Waals surface area contributed by atoms with Gasteiger partial charge in [-0.25, -0.2) is 4.39 Å². The molecule has 0 saturated carbocycles. The highest BCUT2D eigenvalue weighted by Gasteiger charge is 2.24. The van der Waals surface area contributed by atoms with Gasteiger partial charge in [-0.05, 0) is 35.4 Å². The number of rotatable bonds is 8. The first-order valence-electron chi connectivity index (χ1n) is 10.9. The molecule has 0 amide bonds. The van der Waals surface area contributed by atoms with Crippen LogP contribution in [0.25, 0.3) is 0 Å². The van der Waals surface area contributed by atoms with Gasteiger partial charge in [0.25, 0.3) is 0 Å². The Morgan fingerprint density at radius 1 is 0.839 bits per heavy atom. The maximum absolute atomic E-state index is 13.1. The Morgan fingerprint density at radius 2 is 1.39 bits per heavy atom. The summed E-state index contributed by atoms with van der Waals surface area (Å²) in [6, 6.07) is 26.9. The summed E-state index contributed by atoms with van der Waals surface area (Å²) < 4.78 is 19.4. The Hall–Kier alpha value is -2.73. The molecule has 0 bridgehead atoms. The lowest BCUT2D eigenvalue weighted by Crippen LogP contribution is -3.16. The summed E-state index contributed by atoms with van der Waals surface area (Å²) in [4.78, 5) is 3.64. The van der Waals surface area contributed by atoms with Crippen molar-refractivity contribution in [2.24, 2.45) is 0 Å². The third kappa shape index (κ3) is 5.91. The second kappa shape index (κ2) is 10.5. The number of ether oxygens (including phenoxy) is 1. The second-order valence-corrected chi connectivity index (χ2v) is 8.11. The Kier molecular flexibility index (Phi) is 7.30. The number of quaternary nitrogens is 1. The van der Waals surface area contributed by atoms with Gasteiger partial charge in [0.2, 0.25) is 0 Å². The SMILES string of the molecule is O[C@@H](COC(c1ccccc1)c1ccccc1)C[NH+]1CCN(c2ccc(F)cc2)CC1. The van der Waals surface area contributed by atoms with Gasteiger partial charge in [0.1, 0.15) is 24.6 Å². The van der Waals surface area contributed by atoms with Crippen LogP contribution in [0.3, 0.4) is 0 Å². The van der Waals surface area contributed by atoms with Crippen LogP contribution in [-0.4, -0.2) is 50.5 Å². The minimum absolute atomic E-state index is 0.192. The fourth-order valence-corrected chi connectivity index (χ4v) is 4.18. The number of aliphatic hydroxyl groups excluding tert-OH is 1. The van der Waals surface area contributed by atoms with E-state index in [2.05, 4.69) is 29.2 Å². The lowest BCUT2D eigenvalue weighted by Gasteiger charge is -2.34. The zero-order valence-electron chi connectivity index (χ0n) is 17.7. The Bertz CT molecular complexity index is 874. The van der Waals surface area contributed by atoms with E-state index in [1.807, 2.05) is 48.5 Å². The molecule has 0 radical (unpaired) electrons. The number of hydrogen-bond donors (Lipinski definition) is 2. The van der Waals surface area contributed by atoms with Crippen molar-refractivity contribution in [1.29, 1.82) is 0 Å². The highest BCUT2D eigenvalue weighted by Crippen LogP contribution is 2.25. The zero-order valence-corrected chi connectivity index (χ0v) is 17.7. The minimum Gasteiger partial charge on any atom is -0.385 e. The average Bonchev–Trinajstić information content (AvgIpc) is 2.82. The van der Waals surface area contributed by atoms with E-state index in [1.54, 1.807) is 0 Å². The van der Waals surface area contributed by atoms with Gasteiger partial charge in [0.05, 0.1) is 32.8 Å². The lowest BCUT2D eigenvalue weighted by atomic mass is 10.0. The first-order valence-corrected chi connectivity index (χ1v) is 10.9. The summed E-state index contributed by atoms with van der Waals surface area (Å²) in [5.41, 5.74) is 3.22. The highest BCUT2D eigenvalue weighted by molar-refractivity contribution is 5.46. The van der Waals surface area contributed by atoms with E-state index in [0.29, 0.717) is 13.2 Å². The van der Waals surface area contributed by atoms with Crippen molar-refractivity contribution < 1.29 is 19.1 Å². The van der Waals surface area contributed by atoms with Gasteiger partial charge in [0, 0.05) is 5.69 Å². The van der Waals surface area contributed by atoms with E-state index >= 15 is 0 Å². The summed E-state index contributed by atoms with van der Waals surface area (Å²) in [5, 5.41) is 10.7. The topological polar surface area (TPSA) is 37.1 Å². The standard InChI is InChI=1S/C26H29FN2O2/c27-23-11-13-24(14-12-23)29-17-15-28(16-18-29)19-25(30)20-31-26(21-7-3-1-4-8-21)22-9-5-2-6-10-22/h1-14,25-26,30H,15-20H2/p+1/t25-/m1/s1. The molecule has 0 spiro atoms. The van der Waals surface area contributed by atoms with Crippen LogP contribution in [-0.2, 0) is 4.74 Å². The van der Waals surface area contributed by atoms with Gasteiger partial charge in [0.15, 0.2) is 0 Å². The van der Waals surface area contributed by atoms with E-state index < -0.39 is 6.10 Å². The molecule has 4 rings (SSSR count). The van der Waals surface area contributed by atoms with Crippen LogP contribution in [0.15, 0.2) is 84.9 Å². The minimum atomic E-state index is -0.526. The zero-order chi connectivity index (χ0) is 21.5. The van der Waals surface area contributed by atoms with E-state index in [0.717, 1.165) is 43.0 Å². The van der Waals surface area contributed by atoms with Gasteiger partial charge in [-0.15, -0.1) is 0 Å². The molecule has 5 heteroatoms. The first kappa shape index (κ1) is 21.5. The normalized spacial score (nSPS) is 15.9. The molecule has 1 aliphatic rings. The molecule has 1 heterocycles. The van der Waals surface area contributed by atoms with Gasteiger partial charge in [-0.1, -0.05) is 60.7 Å². The summed E-state index contributed by atoms with van der Waals surface area (Å²) in [6.45, 7) is 4.62. The Labute approximate surface area is 183 Å². The van der Waals surface area contributed by atoms with Gasteiger partial charge in [-0.3, -0.25) is 0 Å².